The molecule has 4 nitrogen and oxygen atoms in total. The summed E-state index contributed by atoms with van der Waals surface area (Å²) in [4.78, 5) is 21.9. The first-order valence-electron chi connectivity index (χ1n) is 6.82. The standard InChI is InChI=1S/C14H17F2N3OS/c1-9-7-12(19-13(18-9)21-2)14(15,16)10-3-5-11(6-4-10)17-8-20/h7,10-11H,3-6H2,1-2H3. The van der Waals surface area contributed by atoms with Crippen molar-refractivity contribution in [2.75, 3.05) is 6.26 Å². The van der Waals surface area contributed by atoms with Crippen LogP contribution >= 0.6 is 11.8 Å². The summed E-state index contributed by atoms with van der Waals surface area (Å²) >= 11 is 1.25. The van der Waals surface area contributed by atoms with E-state index in [9.17, 15) is 13.6 Å². The van der Waals surface area contributed by atoms with E-state index in [1.807, 2.05) is 0 Å². The predicted octanol–water partition coefficient (Wildman–Crippen LogP) is 3.49. The number of carbonyl (C=O) groups excluding carboxylic acids is 1. The number of hydrogen-bond donors (Lipinski definition) is 0. The number of aliphatic imine (C=N–C) groups is 1. The molecular weight excluding hydrogens is 296 g/mol. The number of hydrogen-bond acceptors (Lipinski definition) is 5. The van der Waals surface area contributed by atoms with E-state index in [4.69, 9.17) is 0 Å². The van der Waals surface area contributed by atoms with Gasteiger partial charge in [0.2, 0.25) is 6.08 Å². The third-order valence-corrected chi connectivity index (χ3v) is 4.35. The Morgan fingerprint density at radius 3 is 2.57 bits per heavy atom. The number of thioether (sulfide) groups is 1. The number of alkyl halides is 2. The lowest BCUT2D eigenvalue weighted by atomic mass is 9.81. The summed E-state index contributed by atoms with van der Waals surface area (Å²) in [6, 6.07) is 1.19. The largest absolute Gasteiger partial charge is 0.292 e. The van der Waals surface area contributed by atoms with Gasteiger partial charge in [-0.15, -0.1) is 0 Å². The molecule has 21 heavy (non-hydrogen) atoms. The summed E-state index contributed by atoms with van der Waals surface area (Å²) in [5.74, 6) is -3.74. The van der Waals surface area contributed by atoms with Gasteiger partial charge in [0.05, 0.1) is 6.04 Å². The fraction of sp³-hybridized carbons (Fsp3) is 0.643. The van der Waals surface area contributed by atoms with E-state index in [0.29, 0.717) is 36.5 Å². The molecule has 0 amide bonds. The van der Waals surface area contributed by atoms with Crippen LogP contribution in [0.1, 0.15) is 37.1 Å². The normalized spacial score (nSPS) is 22.7. The predicted molar refractivity (Wildman–Crippen MR) is 76.3 cm³/mol. The van der Waals surface area contributed by atoms with Gasteiger partial charge in [-0.1, -0.05) is 11.8 Å². The second-order valence-electron chi connectivity index (χ2n) is 5.23. The zero-order chi connectivity index (χ0) is 15.5. The number of aryl methyl sites for hydroxylation is 1. The molecule has 0 aliphatic heterocycles. The zero-order valence-electron chi connectivity index (χ0n) is 12.0. The summed E-state index contributed by atoms with van der Waals surface area (Å²) in [7, 11) is 0. The monoisotopic (exact) mass is 313 g/mol. The Labute approximate surface area is 126 Å². The second-order valence-corrected chi connectivity index (χ2v) is 6.00. The minimum absolute atomic E-state index is 0.163. The third kappa shape index (κ3) is 3.66. The molecule has 114 valence electrons. The molecule has 1 heterocycles. The second kappa shape index (κ2) is 6.62. The van der Waals surface area contributed by atoms with Gasteiger partial charge in [0, 0.05) is 11.6 Å². The minimum atomic E-state index is -2.98. The molecule has 0 spiro atoms. The van der Waals surface area contributed by atoms with E-state index in [0.717, 1.165) is 0 Å². The van der Waals surface area contributed by atoms with Crippen molar-refractivity contribution in [3.8, 4) is 0 Å². The van der Waals surface area contributed by atoms with Gasteiger partial charge in [0.1, 0.15) is 5.69 Å². The van der Waals surface area contributed by atoms with Crippen LogP contribution in [0.5, 0.6) is 0 Å². The van der Waals surface area contributed by atoms with Gasteiger partial charge in [0.15, 0.2) is 5.16 Å². The van der Waals surface area contributed by atoms with Crippen LogP contribution in [0.4, 0.5) is 8.78 Å². The van der Waals surface area contributed by atoms with Crippen LogP contribution < -0.4 is 0 Å². The first-order valence-corrected chi connectivity index (χ1v) is 8.04. The van der Waals surface area contributed by atoms with Crippen molar-refractivity contribution in [1.29, 1.82) is 0 Å². The van der Waals surface area contributed by atoms with E-state index < -0.39 is 11.8 Å². The molecule has 0 atom stereocenters. The third-order valence-electron chi connectivity index (χ3n) is 3.80. The maximum absolute atomic E-state index is 14.6. The fourth-order valence-corrected chi connectivity index (χ4v) is 3.08. The lowest BCUT2D eigenvalue weighted by molar-refractivity contribution is -0.0832. The molecule has 0 saturated heterocycles. The SMILES string of the molecule is CSc1nc(C)cc(C(F)(F)C2CCC(N=C=O)CC2)n1. The molecule has 1 saturated carbocycles. The van der Waals surface area contributed by atoms with E-state index in [1.54, 1.807) is 13.2 Å². The summed E-state index contributed by atoms with van der Waals surface area (Å²) in [5, 5.41) is 0.365. The molecular formula is C14H17F2N3OS. The average molecular weight is 313 g/mol. The number of rotatable bonds is 4. The molecule has 1 aromatic rings. The van der Waals surface area contributed by atoms with E-state index in [1.165, 1.54) is 23.9 Å². The number of isocyanates is 1. The Balaban J connectivity index is 2.18. The van der Waals surface area contributed by atoms with Crippen molar-refractivity contribution < 1.29 is 13.6 Å². The first-order chi connectivity index (χ1) is 9.97. The number of nitrogens with zero attached hydrogens (tertiary/aromatic N) is 3. The molecule has 0 aromatic carbocycles. The van der Waals surface area contributed by atoms with Gasteiger partial charge in [-0.2, -0.15) is 8.78 Å². The van der Waals surface area contributed by atoms with Crippen LogP contribution in [-0.4, -0.2) is 28.3 Å². The maximum Gasteiger partial charge on any atom is 0.292 e. The lowest BCUT2D eigenvalue weighted by Gasteiger charge is -2.31. The van der Waals surface area contributed by atoms with Crippen molar-refractivity contribution >= 4 is 17.8 Å². The van der Waals surface area contributed by atoms with Crippen LogP contribution in [0.2, 0.25) is 0 Å². The molecule has 1 aliphatic rings. The molecule has 0 N–H and O–H groups in total. The topological polar surface area (TPSA) is 55.2 Å². The molecule has 0 bridgehead atoms. The van der Waals surface area contributed by atoms with Gasteiger partial charge in [0.25, 0.3) is 5.92 Å². The van der Waals surface area contributed by atoms with Crippen molar-refractivity contribution in [2.45, 2.75) is 49.7 Å². The average Bonchev–Trinajstić information content (AvgIpc) is 2.47. The minimum Gasteiger partial charge on any atom is -0.228 e. The van der Waals surface area contributed by atoms with Crippen molar-refractivity contribution in [3.63, 3.8) is 0 Å². The summed E-state index contributed by atoms with van der Waals surface area (Å²) < 4.78 is 29.3. The Kier molecular flexibility index (Phi) is 5.06. The maximum atomic E-state index is 14.6. The summed E-state index contributed by atoms with van der Waals surface area (Å²) in [5.41, 5.74) is 0.338. The number of halogens is 2. The highest BCUT2D eigenvalue weighted by atomic mass is 32.2. The van der Waals surface area contributed by atoms with Gasteiger partial charge in [-0.25, -0.2) is 19.8 Å². The van der Waals surface area contributed by atoms with Crippen LogP contribution in [0, 0.1) is 12.8 Å². The highest BCUT2D eigenvalue weighted by Crippen LogP contribution is 2.43. The Morgan fingerprint density at radius 1 is 1.33 bits per heavy atom. The van der Waals surface area contributed by atoms with Gasteiger partial charge in [-0.3, -0.25) is 0 Å². The molecule has 0 unspecified atom stereocenters. The highest BCUT2D eigenvalue weighted by molar-refractivity contribution is 7.98. The molecule has 1 fully saturated rings. The van der Waals surface area contributed by atoms with E-state index >= 15 is 0 Å². The van der Waals surface area contributed by atoms with Crippen LogP contribution in [-0.2, 0) is 10.7 Å². The molecule has 7 heteroatoms. The van der Waals surface area contributed by atoms with Crippen molar-refractivity contribution in [2.24, 2.45) is 10.9 Å². The van der Waals surface area contributed by atoms with E-state index in [-0.39, 0.29) is 11.7 Å². The first kappa shape index (κ1) is 16.0. The van der Waals surface area contributed by atoms with E-state index in [2.05, 4.69) is 15.0 Å². The van der Waals surface area contributed by atoms with Crippen molar-refractivity contribution in [1.82, 2.24) is 9.97 Å². The fourth-order valence-electron chi connectivity index (χ4n) is 2.65. The smallest absolute Gasteiger partial charge is 0.228 e. The highest BCUT2D eigenvalue weighted by Gasteiger charge is 2.44. The lowest BCUT2D eigenvalue weighted by Crippen LogP contribution is -2.32. The van der Waals surface area contributed by atoms with Crippen LogP contribution in [0.25, 0.3) is 0 Å². The van der Waals surface area contributed by atoms with Gasteiger partial charge < -0.3 is 0 Å². The zero-order valence-corrected chi connectivity index (χ0v) is 12.8. The molecule has 1 aromatic heterocycles. The summed E-state index contributed by atoms with van der Waals surface area (Å²) in [6.07, 6.45) is 4.93. The van der Waals surface area contributed by atoms with Gasteiger partial charge >= 0.3 is 0 Å². The van der Waals surface area contributed by atoms with Crippen LogP contribution in [0.15, 0.2) is 16.2 Å². The molecule has 1 aliphatic carbocycles. The Bertz CT molecular complexity index is 553. The van der Waals surface area contributed by atoms with Gasteiger partial charge in [-0.05, 0) is 44.9 Å². The Hall–Kier alpha value is -1.33. The Morgan fingerprint density at radius 2 is 2.00 bits per heavy atom. The quantitative estimate of drug-likeness (QED) is 0.369. The molecule has 0 radical (unpaired) electrons. The van der Waals surface area contributed by atoms with Crippen LogP contribution in [0.3, 0.4) is 0 Å². The van der Waals surface area contributed by atoms with Crippen molar-refractivity contribution in [3.05, 3.63) is 17.5 Å². The molecule has 2 rings (SSSR count). The number of aromatic nitrogens is 2. The summed E-state index contributed by atoms with van der Waals surface area (Å²) in [6.45, 7) is 1.69.